The summed E-state index contributed by atoms with van der Waals surface area (Å²) in [5.41, 5.74) is 1.48. The number of hydrogen-bond donors (Lipinski definition) is 0. The van der Waals surface area contributed by atoms with E-state index < -0.39 is 11.9 Å². The molecule has 0 radical (unpaired) electrons. The largest absolute Gasteiger partial charge is 0.427 e. The summed E-state index contributed by atoms with van der Waals surface area (Å²) in [5, 5.41) is 0. The van der Waals surface area contributed by atoms with Crippen LogP contribution < -0.4 is 9.47 Å². The van der Waals surface area contributed by atoms with E-state index in [4.69, 9.17) is 9.47 Å². The highest BCUT2D eigenvalue weighted by molar-refractivity contribution is 5.91. The van der Waals surface area contributed by atoms with E-state index in [9.17, 15) is 9.59 Å². The zero-order valence-electron chi connectivity index (χ0n) is 11.3. The maximum Gasteiger partial charge on any atom is 0.343 e. The fraction of sp³-hybridized carbons (Fsp3) is 0.125. The minimum absolute atomic E-state index is 0.390. The van der Waals surface area contributed by atoms with E-state index in [1.807, 2.05) is 19.1 Å². The van der Waals surface area contributed by atoms with Crippen molar-refractivity contribution in [2.24, 2.45) is 0 Å². The first kappa shape index (κ1) is 13.8. The highest BCUT2D eigenvalue weighted by Gasteiger charge is 2.09. The van der Waals surface area contributed by atoms with Gasteiger partial charge in [0.05, 0.1) is 5.56 Å². The van der Waals surface area contributed by atoms with E-state index in [1.54, 1.807) is 36.4 Å². The minimum atomic E-state index is -0.455. The first-order valence-electron chi connectivity index (χ1n) is 6.12. The summed E-state index contributed by atoms with van der Waals surface area (Å²) in [5.74, 6) is 0.0252. The summed E-state index contributed by atoms with van der Waals surface area (Å²) < 4.78 is 10.1. The number of benzene rings is 2. The molecule has 0 spiro atoms. The molecule has 0 aliphatic heterocycles. The van der Waals surface area contributed by atoms with Crippen molar-refractivity contribution in [2.75, 3.05) is 0 Å². The molecule has 4 heteroatoms. The second-order valence-electron chi connectivity index (χ2n) is 4.32. The molecule has 2 aromatic carbocycles. The maximum absolute atomic E-state index is 11.9. The molecule has 0 aromatic heterocycles. The third-order valence-electron chi connectivity index (χ3n) is 2.58. The molecule has 0 unspecified atom stereocenters. The first-order valence-corrected chi connectivity index (χ1v) is 6.12. The van der Waals surface area contributed by atoms with Gasteiger partial charge in [0.25, 0.3) is 0 Å². The summed E-state index contributed by atoms with van der Waals surface area (Å²) in [6.45, 7) is 3.28. The van der Waals surface area contributed by atoms with Gasteiger partial charge in [-0.15, -0.1) is 0 Å². The molecule has 0 aliphatic rings. The van der Waals surface area contributed by atoms with Crippen molar-refractivity contribution in [3.63, 3.8) is 0 Å². The summed E-state index contributed by atoms with van der Waals surface area (Å²) in [6.07, 6.45) is 0. The summed E-state index contributed by atoms with van der Waals surface area (Å²) >= 11 is 0. The van der Waals surface area contributed by atoms with Crippen LogP contribution in [0.5, 0.6) is 11.5 Å². The Kier molecular flexibility index (Phi) is 4.15. The first-order chi connectivity index (χ1) is 9.54. The zero-order chi connectivity index (χ0) is 14.5. The zero-order valence-corrected chi connectivity index (χ0v) is 11.3. The predicted molar refractivity (Wildman–Crippen MR) is 73.9 cm³/mol. The molecule has 2 rings (SSSR count). The number of aryl methyl sites for hydroxylation is 1. The average Bonchev–Trinajstić information content (AvgIpc) is 2.41. The van der Waals surface area contributed by atoms with Gasteiger partial charge in [0.1, 0.15) is 11.5 Å². The molecule has 0 bridgehead atoms. The highest BCUT2D eigenvalue weighted by atomic mass is 16.5. The van der Waals surface area contributed by atoms with Crippen LogP contribution in [0.15, 0.2) is 48.5 Å². The number of rotatable bonds is 3. The van der Waals surface area contributed by atoms with Gasteiger partial charge in [0.15, 0.2) is 0 Å². The second kappa shape index (κ2) is 6.02. The van der Waals surface area contributed by atoms with Crippen molar-refractivity contribution in [1.29, 1.82) is 0 Å². The van der Waals surface area contributed by atoms with Crippen molar-refractivity contribution in [2.45, 2.75) is 13.8 Å². The quantitative estimate of drug-likeness (QED) is 0.635. The molecule has 0 saturated heterocycles. The van der Waals surface area contributed by atoms with Gasteiger partial charge in [-0.1, -0.05) is 17.7 Å². The fourth-order valence-electron chi connectivity index (χ4n) is 1.60. The molecule has 0 fully saturated rings. The maximum atomic E-state index is 11.9. The van der Waals surface area contributed by atoms with Crippen molar-refractivity contribution in [1.82, 2.24) is 0 Å². The Morgan fingerprint density at radius 3 is 1.85 bits per heavy atom. The number of carbonyl (C=O) groups excluding carboxylic acids is 2. The lowest BCUT2D eigenvalue weighted by Gasteiger charge is -2.05. The van der Waals surface area contributed by atoms with Gasteiger partial charge in [0, 0.05) is 6.92 Å². The van der Waals surface area contributed by atoms with Crippen LogP contribution in [0.2, 0.25) is 0 Å². The van der Waals surface area contributed by atoms with E-state index in [-0.39, 0.29) is 0 Å². The van der Waals surface area contributed by atoms with Crippen LogP contribution in [0.3, 0.4) is 0 Å². The van der Waals surface area contributed by atoms with Gasteiger partial charge in [-0.3, -0.25) is 4.79 Å². The van der Waals surface area contributed by atoms with Crippen LogP contribution in [0.4, 0.5) is 0 Å². The molecule has 4 nitrogen and oxygen atoms in total. The van der Waals surface area contributed by atoms with Gasteiger partial charge in [-0.05, 0) is 43.3 Å². The van der Waals surface area contributed by atoms with Crippen molar-refractivity contribution >= 4 is 11.9 Å². The lowest BCUT2D eigenvalue weighted by molar-refractivity contribution is -0.131. The van der Waals surface area contributed by atoms with Crippen LogP contribution in [0.1, 0.15) is 22.8 Å². The Morgan fingerprint density at radius 2 is 1.30 bits per heavy atom. The highest BCUT2D eigenvalue weighted by Crippen LogP contribution is 2.16. The van der Waals surface area contributed by atoms with Crippen LogP contribution in [0, 0.1) is 6.92 Å². The fourth-order valence-corrected chi connectivity index (χ4v) is 1.60. The van der Waals surface area contributed by atoms with Crippen molar-refractivity contribution in [3.8, 4) is 11.5 Å². The van der Waals surface area contributed by atoms with Crippen molar-refractivity contribution < 1.29 is 19.1 Å². The molecule has 0 N–H and O–H groups in total. The summed E-state index contributed by atoms with van der Waals surface area (Å²) in [7, 11) is 0. The normalized spacial score (nSPS) is 9.90. The lowest BCUT2D eigenvalue weighted by atomic mass is 10.2. The third-order valence-corrected chi connectivity index (χ3v) is 2.58. The van der Waals surface area contributed by atoms with E-state index in [1.165, 1.54) is 6.92 Å². The van der Waals surface area contributed by atoms with Crippen LogP contribution in [-0.2, 0) is 4.79 Å². The topological polar surface area (TPSA) is 52.6 Å². The van der Waals surface area contributed by atoms with E-state index in [0.717, 1.165) is 5.56 Å². The third kappa shape index (κ3) is 3.68. The molecule has 0 aliphatic carbocycles. The number of esters is 2. The molecule has 0 heterocycles. The molecular weight excluding hydrogens is 256 g/mol. The Balaban J connectivity index is 2.05. The molecule has 0 saturated carbocycles. The molecule has 20 heavy (non-hydrogen) atoms. The average molecular weight is 270 g/mol. The van der Waals surface area contributed by atoms with Gasteiger partial charge in [0.2, 0.25) is 0 Å². The summed E-state index contributed by atoms with van der Waals surface area (Å²) in [4.78, 5) is 22.7. The Hall–Kier alpha value is -2.62. The predicted octanol–water partition coefficient (Wildman–Crippen LogP) is 3.14. The smallest absolute Gasteiger partial charge is 0.343 e. The van der Waals surface area contributed by atoms with Crippen LogP contribution >= 0.6 is 0 Å². The van der Waals surface area contributed by atoms with Gasteiger partial charge >= 0.3 is 11.9 Å². The molecule has 102 valence electrons. The molecule has 0 amide bonds. The van der Waals surface area contributed by atoms with Crippen LogP contribution in [0.25, 0.3) is 0 Å². The number of carbonyl (C=O) groups is 2. The van der Waals surface area contributed by atoms with Crippen LogP contribution in [-0.4, -0.2) is 11.9 Å². The SMILES string of the molecule is CC(=O)Oc1ccc(C(=O)Oc2ccc(C)cc2)cc1. The van der Waals surface area contributed by atoms with E-state index in [2.05, 4.69) is 0 Å². The van der Waals surface area contributed by atoms with E-state index in [0.29, 0.717) is 17.1 Å². The lowest BCUT2D eigenvalue weighted by Crippen LogP contribution is -2.08. The van der Waals surface area contributed by atoms with Gasteiger partial charge < -0.3 is 9.47 Å². The summed E-state index contributed by atoms with van der Waals surface area (Å²) in [6, 6.07) is 13.4. The Morgan fingerprint density at radius 1 is 0.800 bits per heavy atom. The molecule has 2 aromatic rings. The van der Waals surface area contributed by atoms with Gasteiger partial charge in [-0.25, -0.2) is 4.79 Å². The van der Waals surface area contributed by atoms with Crippen molar-refractivity contribution in [3.05, 3.63) is 59.7 Å². The minimum Gasteiger partial charge on any atom is -0.427 e. The van der Waals surface area contributed by atoms with E-state index >= 15 is 0 Å². The van der Waals surface area contributed by atoms with Gasteiger partial charge in [-0.2, -0.15) is 0 Å². The monoisotopic (exact) mass is 270 g/mol. The molecular formula is C16H14O4. The Labute approximate surface area is 116 Å². The number of hydrogen-bond acceptors (Lipinski definition) is 4. The second-order valence-corrected chi connectivity index (χ2v) is 4.32. The Bertz CT molecular complexity index is 612. The standard InChI is InChI=1S/C16H14O4/c1-11-3-7-15(8-4-11)20-16(18)13-5-9-14(10-6-13)19-12(2)17/h3-10H,1-2H3. The number of ether oxygens (including phenoxy) is 2. The molecule has 0 atom stereocenters.